The Morgan fingerprint density at radius 1 is 1.08 bits per heavy atom. The normalized spacial score (nSPS) is 17.7. The van der Waals surface area contributed by atoms with E-state index in [1.807, 2.05) is 44.7 Å². The first-order chi connectivity index (χ1) is 12.1. The molecule has 1 aromatic rings. The van der Waals surface area contributed by atoms with Gasteiger partial charge in [-0.2, -0.15) is 4.31 Å². The molecule has 1 N–H and O–H groups in total. The Hall–Kier alpha value is -1.44. The Kier molecular flexibility index (Phi) is 6.82. The lowest BCUT2D eigenvalue weighted by Gasteiger charge is -2.25. The number of sulfonamides is 1. The quantitative estimate of drug-likeness (QED) is 0.845. The molecule has 0 aromatic heterocycles. The lowest BCUT2D eigenvalue weighted by molar-refractivity contribution is -0.123. The average Bonchev–Trinajstić information content (AvgIpc) is 2.79. The van der Waals surface area contributed by atoms with Gasteiger partial charge in [0.15, 0.2) is 0 Å². The van der Waals surface area contributed by atoms with Gasteiger partial charge in [-0.1, -0.05) is 19.1 Å². The number of hydrogen-bond donors (Lipinski definition) is 1. The van der Waals surface area contributed by atoms with Crippen molar-refractivity contribution in [3.63, 3.8) is 0 Å². The van der Waals surface area contributed by atoms with Crippen LogP contribution in [0.3, 0.4) is 0 Å². The number of carbonyl (C=O) groups excluding carboxylic acids is 1. The van der Waals surface area contributed by atoms with E-state index >= 15 is 0 Å². The van der Waals surface area contributed by atoms with Crippen LogP contribution in [0.2, 0.25) is 0 Å². The highest BCUT2D eigenvalue weighted by Crippen LogP contribution is 2.18. The molecule has 0 aliphatic carbocycles. The molecule has 26 heavy (non-hydrogen) atoms. The van der Waals surface area contributed by atoms with Gasteiger partial charge in [0.25, 0.3) is 0 Å². The summed E-state index contributed by atoms with van der Waals surface area (Å²) in [4.78, 5) is 14.5. The molecule has 2 rings (SSSR count). The number of aryl methyl sites for hydroxylation is 1. The van der Waals surface area contributed by atoms with Crippen molar-refractivity contribution in [3.8, 4) is 0 Å². The van der Waals surface area contributed by atoms with Crippen molar-refractivity contribution >= 4 is 15.9 Å². The lowest BCUT2D eigenvalue weighted by atomic mass is 10.1. The maximum Gasteiger partial charge on any atom is 0.243 e. The van der Waals surface area contributed by atoms with Gasteiger partial charge in [0.05, 0.1) is 11.4 Å². The number of benzene rings is 1. The first kappa shape index (κ1) is 20.9. The predicted molar refractivity (Wildman–Crippen MR) is 104 cm³/mol. The predicted octanol–water partition coefficient (Wildman–Crippen LogP) is 1.86. The standard InChI is InChI=1S/C19H31N3O3S/c1-5-16-7-9-17(10-8-16)26(24,25)22-12-6-11-21(13-14-22)15-18(23)20-19(2,3)4/h7-10H,5-6,11-15H2,1-4H3,(H,20,23). The van der Waals surface area contributed by atoms with Crippen LogP contribution < -0.4 is 5.32 Å². The van der Waals surface area contributed by atoms with Crippen molar-refractivity contribution in [1.29, 1.82) is 0 Å². The lowest BCUT2D eigenvalue weighted by Crippen LogP contribution is -2.46. The zero-order valence-corrected chi connectivity index (χ0v) is 17.1. The third kappa shape index (κ3) is 5.79. The minimum Gasteiger partial charge on any atom is -0.350 e. The van der Waals surface area contributed by atoms with Gasteiger partial charge >= 0.3 is 0 Å². The molecule has 1 heterocycles. The van der Waals surface area contributed by atoms with Crippen LogP contribution in [0.15, 0.2) is 29.2 Å². The number of carbonyl (C=O) groups is 1. The fourth-order valence-electron chi connectivity index (χ4n) is 3.05. The first-order valence-electron chi connectivity index (χ1n) is 9.24. The van der Waals surface area contributed by atoms with Crippen molar-refractivity contribution in [2.75, 3.05) is 32.7 Å². The van der Waals surface area contributed by atoms with Crippen molar-refractivity contribution in [1.82, 2.24) is 14.5 Å². The van der Waals surface area contributed by atoms with Gasteiger partial charge < -0.3 is 5.32 Å². The molecule has 1 fully saturated rings. The second kappa shape index (κ2) is 8.50. The molecule has 1 aliphatic heterocycles. The molecule has 0 radical (unpaired) electrons. The second-order valence-corrected chi connectivity index (χ2v) is 9.77. The second-order valence-electron chi connectivity index (χ2n) is 7.83. The first-order valence-corrected chi connectivity index (χ1v) is 10.7. The van der Waals surface area contributed by atoms with Gasteiger partial charge in [0.1, 0.15) is 0 Å². The maximum absolute atomic E-state index is 12.9. The molecule has 6 nitrogen and oxygen atoms in total. The molecular formula is C19H31N3O3S. The van der Waals surface area contributed by atoms with E-state index in [0.717, 1.165) is 24.9 Å². The summed E-state index contributed by atoms with van der Waals surface area (Å²) < 4.78 is 27.3. The molecule has 1 saturated heterocycles. The fraction of sp³-hybridized carbons (Fsp3) is 0.632. The molecule has 0 atom stereocenters. The molecule has 1 aliphatic rings. The van der Waals surface area contributed by atoms with Gasteiger partial charge in [-0.25, -0.2) is 8.42 Å². The van der Waals surface area contributed by atoms with Crippen LogP contribution in [0.4, 0.5) is 0 Å². The Bertz CT molecular complexity index is 709. The minimum absolute atomic E-state index is 0.0241. The van der Waals surface area contributed by atoms with Gasteiger partial charge in [0, 0.05) is 25.2 Å². The average molecular weight is 382 g/mol. The molecule has 7 heteroatoms. The van der Waals surface area contributed by atoms with Gasteiger partial charge in [-0.15, -0.1) is 0 Å². The molecule has 1 aromatic carbocycles. The van der Waals surface area contributed by atoms with E-state index in [4.69, 9.17) is 0 Å². The van der Waals surface area contributed by atoms with E-state index in [-0.39, 0.29) is 11.4 Å². The van der Waals surface area contributed by atoms with Gasteiger partial charge in [0.2, 0.25) is 15.9 Å². The van der Waals surface area contributed by atoms with Crippen LogP contribution in [0, 0.1) is 0 Å². The van der Waals surface area contributed by atoms with E-state index in [1.54, 1.807) is 12.1 Å². The molecule has 146 valence electrons. The molecule has 0 unspecified atom stereocenters. The summed E-state index contributed by atoms with van der Waals surface area (Å²) in [6.45, 7) is 10.4. The largest absolute Gasteiger partial charge is 0.350 e. The van der Waals surface area contributed by atoms with Crippen LogP contribution in [0.5, 0.6) is 0 Å². The van der Waals surface area contributed by atoms with Crippen LogP contribution in [-0.4, -0.2) is 61.8 Å². The third-order valence-electron chi connectivity index (χ3n) is 4.40. The zero-order valence-electron chi connectivity index (χ0n) is 16.3. The van der Waals surface area contributed by atoms with Crippen molar-refractivity contribution in [2.24, 2.45) is 0 Å². The maximum atomic E-state index is 12.9. The summed E-state index contributed by atoms with van der Waals surface area (Å²) in [5.41, 5.74) is 0.860. The molecular weight excluding hydrogens is 350 g/mol. The van der Waals surface area contributed by atoms with Gasteiger partial charge in [-0.05, 0) is 57.9 Å². The molecule has 0 saturated carbocycles. The summed E-state index contributed by atoms with van der Waals surface area (Å²) in [5, 5.41) is 2.95. The summed E-state index contributed by atoms with van der Waals surface area (Å²) in [7, 11) is -3.48. The van der Waals surface area contributed by atoms with E-state index in [0.29, 0.717) is 31.1 Å². The Morgan fingerprint density at radius 3 is 2.31 bits per heavy atom. The van der Waals surface area contributed by atoms with Crippen molar-refractivity contribution in [2.45, 2.75) is 51.0 Å². The summed E-state index contributed by atoms with van der Waals surface area (Å²) in [5.74, 6) is -0.0241. The minimum atomic E-state index is -3.48. The van der Waals surface area contributed by atoms with Crippen LogP contribution >= 0.6 is 0 Å². The van der Waals surface area contributed by atoms with Crippen LogP contribution in [0.25, 0.3) is 0 Å². The molecule has 0 spiro atoms. The fourth-order valence-corrected chi connectivity index (χ4v) is 4.52. The summed E-state index contributed by atoms with van der Waals surface area (Å²) in [6.07, 6.45) is 1.60. The Morgan fingerprint density at radius 2 is 1.73 bits per heavy atom. The topological polar surface area (TPSA) is 69.7 Å². The summed E-state index contributed by atoms with van der Waals surface area (Å²) in [6, 6.07) is 7.11. The highest BCUT2D eigenvalue weighted by Gasteiger charge is 2.27. The zero-order chi connectivity index (χ0) is 19.4. The van der Waals surface area contributed by atoms with Crippen LogP contribution in [0.1, 0.15) is 39.7 Å². The highest BCUT2D eigenvalue weighted by molar-refractivity contribution is 7.89. The van der Waals surface area contributed by atoms with E-state index in [1.165, 1.54) is 4.31 Å². The van der Waals surface area contributed by atoms with E-state index < -0.39 is 10.0 Å². The highest BCUT2D eigenvalue weighted by atomic mass is 32.2. The molecule has 0 bridgehead atoms. The Balaban J connectivity index is 1.99. The van der Waals surface area contributed by atoms with Gasteiger partial charge in [-0.3, -0.25) is 9.69 Å². The van der Waals surface area contributed by atoms with E-state index in [9.17, 15) is 13.2 Å². The number of amides is 1. The number of rotatable bonds is 5. The third-order valence-corrected chi connectivity index (χ3v) is 6.31. The monoisotopic (exact) mass is 381 g/mol. The smallest absolute Gasteiger partial charge is 0.243 e. The number of hydrogen-bond acceptors (Lipinski definition) is 4. The Labute approximate surface area is 157 Å². The van der Waals surface area contributed by atoms with Crippen LogP contribution in [-0.2, 0) is 21.2 Å². The SMILES string of the molecule is CCc1ccc(S(=O)(=O)N2CCCN(CC(=O)NC(C)(C)C)CC2)cc1. The number of nitrogens with one attached hydrogen (secondary N) is 1. The molecule has 1 amide bonds. The van der Waals surface area contributed by atoms with Crippen molar-refractivity contribution < 1.29 is 13.2 Å². The van der Waals surface area contributed by atoms with Crippen molar-refractivity contribution in [3.05, 3.63) is 29.8 Å². The number of nitrogens with zero attached hydrogens (tertiary/aromatic N) is 2. The summed E-state index contributed by atoms with van der Waals surface area (Å²) >= 11 is 0. The van der Waals surface area contributed by atoms with E-state index in [2.05, 4.69) is 5.32 Å².